The molecule has 5 aromatic rings. The van der Waals surface area contributed by atoms with Gasteiger partial charge in [0, 0.05) is 60.3 Å². The average molecular weight is 457 g/mol. The van der Waals surface area contributed by atoms with Crippen LogP contribution in [0.2, 0.25) is 0 Å². The third-order valence-electron chi connectivity index (χ3n) is 6.19. The zero-order chi connectivity index (χ0) is 22.2. The molecule has 0 radical (unpaired) electrons. The Morgan fingerprint density at radius 3 is 2.88 bits per heavy atom. The molecule has 0 bridgehead atoms. The fraction of sp³-hybridized carbons (Fsp3) is 0.280. The number of pyridine rings is 2. The summed E-state index contributed by atoms with van der Waals surface area (Å²) in [6.07, 6.45) is 11.3. The molecule has 1 saturated heterocycles. The van der Waals surface area contributed by atoms with E-state index in [-0.39, 0.29) is 0 Å². The lowest BCUT2D eigenvalue weighted by Gasteiger charge is -2.08. The van der Waals surface area contributed by atoms with E-state index in [4.69, 9.17) is 4.74 Å². The first-order chi connectivity index (χ1) is 16.2. The van der Waals surface area contributed by atoms with Gasteiger partial charge >= 0.3 is 0 Å². The Balaban J connectivity index is 1.26. The van der Waals surface area contributed by atoms with E-state index in [1.54, 1.807) is 16.4 Å². The fourth-order valence-electron chi connectivity index (χ4n) is 4.32. The molecule has 166 valence electrons. The molecular weight excluding hydrogens is 432 g/mol. The van der Waals surface area contributed by atoms with E-state index in [1.807, 2.05) is 36.1 Å². The van der Waals surface area contributed by atoms with Gasteiger partial charge in [0.1, 0.15) is 0 Å². The Morgan fingerprint density at radius 1 is 1.06 bits per heavy atom. The quantitative estimate of drug-likeness (QED) is 0.366. The smallest absolute Gasteiger partial charge is 0.200 e. The van der Waals surface area contributed by atoms with Crippen LogP contribution in [0.3, 0.4) is 0 Å². The van der Waals surface area contributed by atoms with Crippen LogP contribution >= 0.6 is 11.8 Å². The number of hydrogen-bond donors (Lipinski definition) is 0. The van der Waals surface area contributed by atoms with E-state index in [0.29, 0.717) is 5.92 Å². The number of ether oxygens (including phenoxy) is 1. The van der Waals surface area contributed by atoms with Crippen molar-refractivity contribution in [1.29, 1.82) is 0 Å². The predicted octanol–water partition coefficient (Wildman–Crippen LogP) is 4.80. The molecule has 0 amide bonds. The normalized spacial score (nSPS) is 16.2. The molecule has 1 aliphatic heterocycles. The van der Waals surface area contributed by atoms with Crippen LogP contribution in [0.15, 0.2) is 71.2 Å². The maximum absolute atomic E-state index is 5.51. The number of aryl methyl sites for hydroxylation is 2. The largest absolute Gasteiger partial charge is 0.381 e. The van der Waals surface area contributed by atoms with Gasteiger partial charge in [-0.2, -0.15) is 5.10 Å². The third-order valence-corrected chi connectivity index (χ3v) is 7.14. The molecule has 8 heteroatoms. The van der Waals surface area contributed by atoms with Crippen molar-refractivity contribution in [1.82, 2.24) is 29.4 Å². The second kappa shape index (κ2) is 8.61. The Morgan fingerprint density at radius 2 is 2.03 bits per heavy atom. The molecule has 4 aromatic heterocycles. The Labute approximate surface area is 195 Å². The van der Waals surface area contributed by atoms with Crippen LogP contribution in [0, 0.1) is 5.92 Å². The SMILES string of the molecule is Cn1cc(-c2ccc3nnc(Sc4ccc5ncc(CCC6CCOC6)cc5c4)n3c2)cn1. The molecule has 0 aliphatic carbocycles. The second-order valence-corrected chi connectivity index (χ2v) is 9.64. The minimum Gasteiger partial charge on any atom is -0.381 e. The minimum atomic E-state index is 0.681. The van der Waals surface area contributed by atoms with Crippen LogP contribution in [-0.2, 0) is 18.2 Å². The summed E-state index contributed by atoms with van der Waals surface area (Å²) in [4.78, 5) is 5.80. The van der Waals surface area contributed by atoms with Crippen molar-refractivity contribution >= 4 is 28.3 Å². The third kappa shape index (κ3) is 4.24. The number of hydrogen-bond acceptors (Lipinski definition) is 6. The van der Waals surface area contributed by atoms with E-state index in [2.05, 4.69) is 56.8 Å². The number of fused-ring (bicyclic) bond motifs is 2. The number of benzene rings is 1. The molecular formula is C25H24N6OS. The first-order valence-corrected chi connectivity index (χ1v) is 12.0. The van der Waals surface area contributed by atoms with Crippen molar-refractivity contribution in [2.24, 2.45) is 13.0 Å². The van der Waals surface area contributed by atoms with E-state index >= 15 is 0 Å². The monoisotopic (exact) mass is 456 g/mol. The van der Waals surface area contributed by atoms with Gasteiger partial charge in [-0.3, -0.25) is 14.1 Å². The van der Waals surface area contributed by atoms with Gasteiger partial charge < -0.3 is 4.74 Å². The lowest BCUT2D eigenvalue weighted by Crippen LogP contribution is -2.01. The molecule has 0 saturated carbocycles. The lowest BCUT2D eigenvalue weighted by atomic mass is 9.99. The maximum Gasteiger partial charge on any atom is 0.200 e. The number of rotatable bonds is 6. The van der Waals surface area contributed by atoms with Crippen LogP contribution in [0.4, 0.5) is 0 Å². The highest BCUT2D eigenvalue weighted by Gasteiger charge is 2.15. The van der Waals surface area contributed by atoms with Gasteiger partial charge in [0.15, 0.2) is 10.8 Å². The molecule has 1 fully saturated rings. The van der Waals surface area contributed by atoms with E-state index in [0.717, 1.165) is 63.8 Å². The lowest BCUT2D eigenvalue weighted by molar-refractivity contribution is 0.184. The first kappa shape index (κ1) is 20.4. The van der Waals surface area contributed by atoms with Gasteiger partial charge in [0.05, 0.1) is 11.7 Å². The molecule has 6 rings (SSSR count). The topological polar surface area (TPSA) is 70.1 Å². The van der Waals surface area contributed by atoms with Gasteiger partial charge in [-0.15, -0.1) is 10.2 Å². The van der Waals surface area contributed by atoms with Crippen LogP contribution in [0.1, 0.15) is 18.4 Å². The average Bonchev–Trinajstić information content (AvgIpc) is 3.59. The summed E-state index contributed by atoms with van der Waals surface area (Å²) in [6.45, 7) is 1.80. The van der Waals surface area contributed by atoms with E-state index in [1.165, 1.54) is 12.0 Å². The highest BCUT2D eigenvalue weighted by atomic mass is 32.2. The van der Waals surface area contributed by atoms with Crippen molar-refractivity contribution in [3.8, 4) is 11.1 Å². The van der Waals surface area contributed by atoms with Crippen LogP contribution in [-0.4, -0.2) is 42.6 Å². The van der Waals surface area contributed by atoms with E-state index < -0.39 is 0 Å². The zero-order valence-electron chi connectivity index (χ0n) is 18.4. The Kier molecular flexibility index (Phi) is 5.32. The molecule has 1 unspecified atom stereocenters. The zero-order valence-corrected chi connectivity index (χ0v) is 19.2. The fourth-order valence-corrected chi connectivity index (χ4v) is 5.18. The molecule has 7 nitrogen and oxygen atoms in total. The van der Waals surface area contributed by atoms with Crippen LogP contribution in [0.25, 0.3) is 27.7 Å². The van der Waals surface area contributed by atoms with Crippen LogP contribution < -0.4 is 0 Å². The highest BCUT2D eigenvalue weighted by molar-refractivity contribution is 7.99. The standard InChI is InChI=1S/C25H24N6OS/c1-30-14-21(13-27-30)19-4-7-24-28-29-25(31(24)15-19)33-22-5-6-23-20(11-22)10-18(12-26-23)3-2-17-8-9-32-16-17/h4-7,10-15,17H,2-3,8-9,16H2,1H3. The number of aromatic nitrogens is 6. The summed E-state index contributed by atoms with van der Waals surface area (Å²) in [5, 5.41) is 15.0. The molecule has 5 heterocycles. The van der Waals surface area contributed by atoms with Crippen molar-refractivity contribution in [2.45, 2.75) is 29.3 Å². The van der Waals surface area contributed by atoms with Crippen molar-refractivity contribution in [3.63, 3.8) is 0 Å². The summed E-state index contributed by atoms with van der Waals surface area (Å²) in [5.41, 5.74) is 5.27. The van der Waals surface area contributed by atoms with Gasteiger partial charge in [-0.25, -0.2) is 0 Å². The summed E-state index contributed by atoms with van der Waals surface area (Å²) in [7, 11) is 1.92. The summed E-state index contributed by atoms with van der Waals surface area (Å²) in [6, 6.07) is 12.7. The molecule has 0 spiro atoms. The molecule has 1 atom stereocenters. The Hall–Kier alpha value is -3.23. The Bertz CT molecular complexity index is 1440. The molecule has 0 N–H and O–H groups in total. The van der Waals surface area contributed by atoms with E-state index in [9.17, 15) is 0 Å². The summed E-state index contributed by atoms with van der Waals surface area (Å²) >= 11 is 1.61. The van der Waals surface area contributed by atoms with Gasteiger partial charge in [-0.1, -0.05) is 0 Å². The van der Waals surface area contributed by atoms with Crippen molar-refractivity contribution in [2.75, 3.05) is 13.2 Å². The van der Waals surface area contributed by atoms with Crippen LogP contribution in [0.5, 0.6) is 0 Å². The van der Waals surface area contributed by atoms with Crippen molar-refractivity contribution in [3.05, 3.63) is 66.7 Å². The number of nitrogens with zero attached hydrogens (tertiary/aromatic N) is 6. The summed E-state index contributed by atoms with van der Waals surface area (Å²) in [5.74, 6) is 0.681. The first-order valence-electron chi connectivity index (χ1n) is 11.2. The summed E-state index contributed by atoms with van der Waals surface area (Å²) < 4.78 is 9.35. The van der Waals surface area contributed by atoms with Gasteiger partial charge in [0.25, 0.3) is 0 Å². The second-order valence-electron chi connectivity index (χ2n) is 8.60. The highest BCUT2D eigenvalue weighted by Crippen LogP contribution is 2.30. The van der Waals surface area contributed by atoms with Crippen molar-refractivity contribution < 1.29 is 4.74 Å². The minimum absolute atomic E-state index is 0.681. The van der Waals surface area contributed by atoms with Gasteiger partial charge in [-0.05, 0) is 78.9 Å². The predicted molar refractivity (Wildman–Crippen MR) is 128 cm³/mol. The molecule has 33 heavy (non-hydrogen) atoms. The maximum atomic E-state index is 5.51. The molecule has 1 aliphatic rings. The molecule has 1 aromatic carbocycles. The van der Waals surface area contributed by atoms with Gasteiger partial charge in [0.2, 0.25) is 0 Å².